The Hall–Kier alpha value is -3.60. The van der Waals surface area contributed by atoms with Gasteiger partial charge in [-0.2, -0.15) is 5.26 Å². The number of carbonyl (C=O) groups excluding carboxylic acids is 1. The predicted octanol–water partition coefficient (Wildman–Crippen LogP) is 4.87. The molecule has 0 unspecified atom stereocenters. The van der Waals surface area contributed by atoms with Crippen LogP contribution in [0.1, 0.15) is 21.5 Å². The van der Waals surface area contributed by atoms with Gasteiger partial charge in [-0.05, 0) is 48.0 Å². The maximum absolute atomic E-state index is 13.5. The first kappa shape index (κ1) is 24.1. The van der Waals surface area contributed by atoms with Crippen LogP contribution in [0, 0.1) is 11.3 Å². The van der Waals surface area contributed by atoms with Gasteiger partial charge in [0.1, 0.15) is 4.90 Å². The molecule has 0 bridgehead atoms. The summed E-state index contributed by atoms with van der Waals surface area (Å²) in [5.74, 6) is -0.375. The number of rotatable bonds is 8. The van der Waals surface area contributed by atoms with E-state index >= 15 is 0 Å². The third-order valence-electron chi connectivity index (χ3n) is 4.91. The molecule has 6 nitrogen and oxygen atoms in total. The van der Waals surface area contributed by atoms with Gasteiger partial charge in [0.2, 0.25) is 0 Å². The molecule has 0 aliphatic heterocycles. The first-order valence-electron chi connectivity index (χ1n) is 10.0. The van der Waals surface area contributed by atoms with Gasteiger partial charge < -0.3 is 4.90 Å². The number of para-hydroxylation sites is 1. The number of amides is 1. The van der Waals surface area contributed by atoms with Gasteiger partial charge in [-0.1, -0.05) is 48.0 Å². The Morgan fingerprint density at radius 2 is 1.82 bits per heavy atom. The molecule has 3 aromatic carbocycles. The van der Waals surface area contributed by atoms with Crippen LogP contribution in [0.3, 0.4) is 0 Å². The van der Waals surface area contributed by atoms with E-state index in [0.29, 0.717) is 11.3 Å². The second kappa shape index (κ2) is 10.3. The van der Waals surface area contributed by atoms with Crippen LogP contribution in [-0.2, 0) is 16.6 Å². The third-order valence-corrected chi connectivity index (χ3v) is 7.18. The van der Waals surface area contributed by atoms with Gasteiger partial charge in [-0.15, -0.1) is 6.58 Å². The molecule has 33 heavy (non-hydrogen) atoms. The van der Waals surface area contributed by atoms with Gasteiger partial charge in [0.25, 0.3) is 15.9 Å². The molecule has 3 rings (SSSR count). The molecule has 0 fully saturated rings. The van der Waals surface area contributed by atoms with Crippen molar-refractivity contribution in [1.29, 1.82) is 5.26 Å². The van der Waals surface area contributed by atoms with E-state index in [-0.39, 0.29) is 34.5 Å². The lowest BCUT2D eigenvalue weighted by molar-refractivity contribution is 0.0785. The van der Waals surface area contributed by atoms with E-state index in [1.165, 1.54) is 33.5 Å². The summed E-state index contributed by atoms with van der Waals surface area (Å²) < 4.78 is 28.2. The van der Waals surface area contributed by atoms with Crippen molar-refractivity contribution in [3.8, 4) is 6.07 Å². The van der Waals surface area contributed by atoms with Gasteiger partial charge in [0, 0.05) is 19.2 Å². The van der Waals surface area contributed by atoms with Crippen molar-refractivity contribution >= 4 is 33.2 Å². The summed E-state index contributed by atoms with van der Waals surface area (Å²) in [6.07, 6.45) is 1.48. The average Bonchev–Trinajstić information content (AvgIpc) is 2.82. The van der Waals surface area contributed by atoms with Crippen LogP contribution in [0.15, 0.2) is 90.3 Å². The van der Waals surface area contributed by atoms with Gasteiger partial charge in [-0.3, -0.25) is 9.10 Å². The molecule has 0 aromatic heterocycles. The Morgan fingerprint density at radius 1 is 1.09 bits per heavy atom. The van der Waals surface area contributed by atoms with E-state index in [2.05, 4.69) is 12.6 Å². The van der Waals surface area contributed by atoms with Crippen LogP contribution in [-0.4, -0.2) is 32.8 Å². The molecule has 1 amide bonds. The summed E-state index contributed by atoms with van der Waals surface area (Å²) in [4.78, 5) is 14.3. The molecule has 168 valence electrons. The molecule has 0 radical (unpaired) electrons. The van der Waals surface area contributed by atoms with Crippen LogP contribution in [0.2, 0.25) is 5.02 Å². The topological polar surface area (TPSA) is 81.5 Å². The number of anilines is 1. The fourth-order valence-corrected chi connectivity index (χ4v) is 5.25. The number of nitrogens with zero attached hydrogens (tertiary/aromatic N) is 3. The first-order valence-corrected chi connectivity index (χ1v) is 11.8. The highest BCUT2D eigenvalue weighted by molar-refractivity contribution is 7.93. The largest absolute Gasteiger partial charge is 0.337 e. The van der Waals surface area contributed by atoms with Crippen molar-refractivity contribution in [2.24, 2.45) is 0 Å². The van der Waals surface area contributed by atoms with Crippen molar-refractivity contribution in [3.63, 3.8) is 0 Å². The van der Waals surface area contributed by atoms with Crippen molar-refractivity contribution in [2.45, 2.75) is 11.4 Å². The van der Waals surface area contributed by atoms with E-state index in [4.69, 9.17) is 16.9 Å². The second-order valence-corrected chi connectivity index (χ2v) is 9.52. The molecule has 0 aliphatic carbocycles. The Bertz CT molecular complexity index is 1320. The molecule has 0 heterocycles. The maximum Gasteiger partial charge on any atom is 0.266 e. The maximum atomic E-state index is 13.5. The van der Waals surface area contributed by atoms with E-state index in [9.17, 15) is 13.2 Å². The standard InChI is InChI=1S/C25H22ClN3O3S/c1-3-14-29(22-10-5-4-6-11-22)33(31,32)24-16-21(12-13-23(24)26)25(30)28(2)18-20-9-7-8-19(15-20)17-27/h3-13,15-16H,1,14,18H2,2H3. The summed E-state index contributed by atoms with van der Waals surface area (Å²) in [5.41, 5.74) is 1.92. The molecule has 8 heteroatoms. The zero-order valence-corrected chi connectivity index (χ0v) is 19.6. The van der Waals surface area contributed by atoms with E-state index in [0.717, 1.165) is 5.56 Å². The number of halogens is 1. The zero-order valence-electron chi connectivity index (χ0n) is 18.0. The fourth-order valence-electron chi connectivity index (χ4n) is 3.31. The van der Waals surface area contributed by atoms with Gasteiger partial charge in [0.15, 0.2) is 0 Å². The summed E-state index contributed by atoms with van der Waals surface area (Å²) in [6.45, 7) is 3.95. The predicted molar refractivity (Wildman–Crippen MR) is 130 cm³/mol. The molecular weight excluding hydrogens is 458 g/mol. The molecular formula is C25H22ClN3O3S. The SMILES string of the molecule is C=CCN(c1ccccc1)S(=O)(=O)c1cc(C(=O)N(C)Cc2cccc(C#N)c2)ccc1Cl. The summed E-state index contributed by atoms with van der Waals surface area (Å²) >= 11 is 6.27. The Balaban J connectivity index is 1.94. The van der Waals surface area contributed by atoms with Crippen LogP contribution < -0.4 is 4.31 Å². The minimum absolute atomic E-state index is 0.0147. The minimum Gasteiger partial charge on any atom is -0.337 e. The normalized spacial score (nSPS) is 10.8. The number of sulfonamides is 1. The van der Waals surface area contributed by atoms with Crippen molar-refractivity contribution in [3.05, 3.63) is 107 Å². The Kier molecular flexibility index (Phi) is 7.54. The highest BCUT2D eigenvalue weighted by Crippen LogP contribution is 2.29. The fraction of sp³-hybridized carbons (Fsp3) is 0.120. The molecule has 0 saturated heterocycles. The van der Waals surface area contributed by atoms with Crippen molar-refractivity contribution < 1.29 is 13.2 Å². The van der Waals surface area contributed by atoms with E-state index in [1.807, 2.05) is 6.07 Å². The van der Waals surface area contributed by atoms with Gasteiger partial charge in [0.05, 0.1) is 28.9 Å². The van der Waals surface area contributed by atoms with Crippen molar-refractivity contribution in [1.82, 2.24) is 4.90 Å². The number of carbonyl (C=O) groups is 1. The lowest BCUT2D eigenvalue weighted by Gasteiger charge is -2.24. The lowest BCUT2D eigenvalue weighted by atomic mass is 10.1. The smallest absolute Gasteiger partial charge is 0.266 e. The highest BCUT2D eigenvalue weighted by Gasteiger charge is 2.28. The zero-order chi connectivity index (χ0) is 24.0. The summed E-state index contributed by atoms with van der Waals surface area (Å²) in [6, 6.07) is 21.8. The molecule has 0 aliphatic rings. The van der Waals surface area contributed by atoms with E-state index < -0.39 is 10.0 Å². The molecule has 0 saturated carbocycles. The van der Waals surface area contributed by atoms with Gasteiger partial charge >= 0.3 is 0 Å². The second-order valence-electron chi connectivity index (χ2n) is 7.28. The lowest BCUT2D eigenvalue weighted by Crippen LogP contribution is -2.32. The van der Waals surface area contributed by atoms with Crippen LogP contribution >= 0.6 is 11.6 Å². The van der Waals surface area contributed by atoms with Crippen LogP contribution in [0.25, 0.3) is 0 Å². The van der Waals surface area contributed by atoms with E-state index in [1.54, 1.807) is 55.6 Å². The minimum atomic E-state index is -4.07. The van der Waals surface area contributed by atoms with Gasteiger partial charge in [-0.25, -0.2) is 8.42 Å². The molecule has 0 atom stereocenters. The Labute approximate surface area is 199 Å². The average molecular weight is 480 g/mol. The summed E-state index contributed by atoms with van der Waals surface area (Å²) in [7, 11) is -2.46. The molecule has 3 aromatic rings. The van der Waals surface area contributed by atoms with Crippen LogP contribution in [0.4, 0.5) is 5.69 Å². The summed E-state index contributed by atoms with van der Waals surface area (Å²) in [5, 5.41) is 9.09. The molecule has 0 N–H and O–H groups in total. The monoisotopic (exact) mass is 479 g/mol. The third kappa shape index (κ3) is 5.43. The van der Waals surface area contributed by atoms with Crippen LogP contribution in [0.5, 0.6) is 0 Å². The Morgan fingerprint density at radius 3 is 2.48 bits per heavy atom. The van der Waals surface area contributed by atoms with Crippen molar-refractivity contribution in [2.75, 3.05) is 17.9 Å². The molecule has 0 spiro atoms. The number of hydrogen-bond acceptors (Lipinski definition) is 4. The quantitative estimate of drug-likeness (QED) is 0.432. The number of hydrogen-bond donors (Lipinski definition) is 0. The highest BCUT2D eigenvalue weighted by atomic mass is 35.5. The first-order chi connectivity index (χ1) is 15.8. The number of benzene rings is 3. The number of nitriles is 1.